The van der Waals surface area contributed by atoms with Crippen LogP contribution in [-0.2, 0) is 4.74 Å². The molecule has 0 aliphatic rings. The molecule has 0 unspecified atom stereocenters. The van der Waals surface area contributed by atoms with E-state index in [1.54, 1.807) is 13.2 Å². The van der Waals surface area contributed by atoms with E-state index in [-0.39, 0.29) is 6.04 Å². The number of rotatable bonds is 5. The van der Waals surface area contributed by atoms with Crippen molar-refractivity contribution in [2.45, 2.75) is 26.8 Å². The number of anilines is 1. The van der Waals surface area contributed by atoms with Crippen molar-refractivity contribution in [1.82, 2.24) is 9.97 Å². The largest absolute Gasteiger partial charge is 0.383 e. The Labute approximate surface area is 102 Å². The van der Waals surface area contributed by atoms with Crippen LogP contribution < -0.4 is 4.90 Å². The second-order valence-corrected chi connectivity index (χ2v) is 4.09. The lowest BCUT2D eigenvalue weighted by Gasteiger charge is -2.26. The van der Waals surface area contributed by atoms with E-state index in [0.29, 0.717) is 24.8 Å². The Morgan fingerprint density at radius 1 is 1.47 bits per heavy atom. The van der Waals surface area contributed by atoms with Gasteiger partial charge in [-0.2, -0.15) is 5.26 Å². The van der Waals surface area contributed by atoms with Gasteiger partial charge in [0, 0.05) is 25.4 Å². The van der Waals surface area contributed by atoms with E-state index >= 15 is 0 Å². The summed E-state index contributed by atoms with van der Waals surface area (Å²) >= 11 is 0. The van der Waals surface area contributed by atoms with Gasteiger partial charge in [-0.1, -0.05) is 0 Å². The highest BCUT2D eigenvalue weighted by molar-refractivity contribution is 5.36. The molecule has 0 atom stereocenters. The van der Waals surface area contributed by atoms with Crippen LogP contribution >= 0.6 is 0 Å². The quantitative estimate of drug-likeness (QED) is 0.773. The second-order valence-electron chi connectivity index (χ2n) is 4.09. The van der Waals surface area contributed by atoms with E-state index in [0.717, 1.165) is 5.69 Å². The van der Waals surface area contributed by atoms with Crippen LogP contribution in [-0.4, -0.2) is 36.3 Å². The first-order valence-electron chi connectivity index (χ1n) is 5.60. The minimum atomic E-state index is 0.262. The molecular weight excluding hydrogens is 216 g/mol. The first-order valence-corrected chi connectivity index (χ1v) is 5.60. The maximum Gasteiger partial charge on any atom is 0.227 e. The molecule has 0 fully saturated rings. The van der Waals surface area contributed by atoms with E-state index < -0.39 is 0 Å². The van der Waals surface area contributed by atoms with Gasteiger partial charge in [0.25, 0.3) is 0 Å². The van der Waals surface area contributed by atoms with Gasteiger partial charge in [-0.15, -0.1) is 0 Å². The van der Waals surface area contributed by atoms with E-state index in [9.17, 15) is 0 Å². The number of aromatic nitrogens is 2. The molecule has 0 saturated heterocycles. The van der Waals surface area contributed by atoms with Crippen LogP contribution in [0, 0.1) is 18.3 Å². The molecule has 1 aromatic rings. The monoisotopic (exact) mass is 234 g/mol. The molecule has 0 aliphatic heterocycles. The third-order valence-electron chi connectivity index (χ3n) is 2.37. The van der Waals surface area contributed by atoms with Crippen LogP contribution in [0.5, 0.6) is 0 Å². The molecule has 92 valence electrons. The van der Waals surface area contributed by atoms with E-state index in [1.807, 2.05) is 17.9 Å². The first kappa shape index (κ1) is 13.4. The molecule has 0 spiro atoms. The summed E-state index contributed by atoms with van der Waals surface area (Å²) in [6.07, 6.45) is 0. The van der Waals surface area contributed by atoms with Crippen molar-refractivity contribution in [3.05, 3.63) is 17.5 Å². The fourth-order valence-electron chi connectivity index (χ4n) is 1.52. The predicted molar refractivity (Wildman–Crippen MR) is 65.8 cm³/mol. The SMILES string of the molecule is COCCN(c1nc(C)cc(C#N)n1)C(C)C. The molecule has 0 radical (unpaired) electrons. The zero-order chi connectivity index (χ0) is 12.8. The maximum absolute atomic E-state index is 8.90. The minimum absolute atomic E-state index is 0.262. The fraction of sp³-hybridized carbons (Fsp3) is 0.583. The van der Waals surface area contributed by atoms with Crippen LogP contribution in [0.3, 0.4) is 0 Å². The highest BCUT2D eigenvalue weighted by Gasteiger charge is 2.14. The van der Waals surface area contributed by atoms with Gasteiger partial charge in [0.15, 0.2) is 0 Å². The topological polar surface area (TPSA) is 62.0 Å². The predicted octanol–water partition coefficient (Wildman–Crippen LogP) is 1.52. The summed E-state index contributed by atoms with van der Waals surface area (Å²) in [7, 11) is 1.66. The average Bonchev–Trinajstić information content (AvgIpc) is 2.28. The first-order chi connectivity index (χ1) is 8.08. The third kappa shape index (κ3) is 3.68. The summed E-state index contributed by atoms with van der Waals surface area (Å²) in [5.74, 6) is 0.591. The lowest BCUT2D eigenvalue weighted by atomic mass is 10.3. The summed E-state index contributed by atoms with van der Waals surface area (Å²) in [4.78, 5) is 10.6. The van der Waals surface area contributed by atoms with E-state index in [4.69, 9.17) is 10.00 Å². The van der Waals surface area contributed by atoms with Gasteiger partial charge in [0.1, 0.15) is 11.8 Å². The standard InChI is InChI=1S/C12H18N4O/c1-9(2)16(5-6-17-4)12-14-10(3)7-11(8-13)15-12/h7,9H,5-6H2,1-4H3. The van der Waals surface area contributed by atoms with Crippen molar-refractivity contribution in [2.75, 3.05) is 25.2 Å². The van der Waals surface area contributed by atoms with Crippen molar-refractivity contribution in [2.24, 2.45) is 0 Å². The Kier molecular flexibility index (Phi) is 4.85. The molecular formula is C12H18N4O. The van der Waals surface area contributed by atoms with Crippen molar-refractivity contribution in [1.29, 1.82) is 5.26 Å². The molecule has 5 nitrogen and oxygen atoms in total. The third-order valence-corrected chi connectivity index (χ3v) is 2.37. The Bertz CT molecular complexity index is 411. The average molecular weight is 234 g/mol. The molecule has 17 heavy (non-hydrogen) atoms. The summed E-state index contributed by atoms with van der Waals surface area (Å²) in [5, 5.41) is 8.90. The molecule has 5 heteroatoms. The summed E-state index contributed by atoms with van der Waals surface area (Å²) in [5.41, 5.74) is 1.20. The van der Waals surface area contributed by atoms with E-state index in [2.05, 4.69) is 23.8 Å². The normalized spacial score (nSPS) is 10.4. The zero-order valence-corrected chi connectivity index (χ0v) is 10.8. The number of aryl methyl sites for hydroxylation is 1. The number of ether oxygens (including phenoxy) is 1. The van der Waals surface area contributed by atoms with E-state index in [1.165, 1.54) is 0 Å². The Morgan fingerprint density at radius 2 is 2.18 bits per heavy atom. The molecule has 0 aliphatic carbocycles. The molecule has 1 heterocycles. The lowest BCUT2D eigenvalue weighted by Crippen LogP contribution is -2.35. The fourth-order valence-corrected chi connectivity index (χ4v) is 1.52. The smallest absolute Gasteiger partial charge is 0.227 e. The molecule has 0 bridgehead atoms. The molecule has 1 rings (SSSR count). The number of hydrogen-bond acceptors (Lipinski definition) is 5. The van der Waals surface area contributed by atoms with Crippen LogP contribution in [0.2, 0.25) is 0 Å². The van der Waals surface area contributed by atoms with Gasteiger partial charge in [-0.05, 0) is 26.8 Å². The molecule has 0 saturated carbocycles. The van der Waals surface area contributed by atoms with Crippen LogP contribution in [0.15, 0.2) is 6.07 Å². The van der Waals surface area contributed by atoms with Crippen molar-refractivity contribution in [3.63, 3.8) is 0 Å². The number of nitriles is 1. The van der Waals surface area contributed by atoms with Crippen molar-refractivity contribution < 1.29 is 4.74 Å². The van der Waals surface area contributed by atoms with Crippen molar-refractivity contribution in [3.8, 4) is 6.07 Å². The summed E-state index contributed by atoms with van der Waals surface area (Å²) < 4.78 is 5.07. The Morgan fingerprint density at radius 3 is 2.71 bits per heavy atom. The second kappa shape index (κ2) is 6.16. The molecule has 0 N–H and O–H groups in total. The molecule has 1 aromatic heterocycles. The maximum atomic E-state index is 8.90. The number of hydrogen-bond donors (Lipinski definition) is 0. The number of methoxy groups -OCH3 is 1. The summed E-state index contributed by atoms with van der Waals surface area (Å²) in [6, 6.07) is 3.99. The van der Waals surface area contributed by atoms with Crippen LogP contribution in [0.25, 0.3) is 0 Å². The molecule has 0 aromatic carbocycles. The van der Waals surface area contributed by atoms with Crippen molar-refractivity contribution >= 4 is 5.95 Å². The van der Waals surface area contributed by atoms with Gasteiger partial charge in [0.05, 0.1) is 6.61 Å². The van der Waals surface area contributed by atoms with Gasteiger partial charge >= 0.3 is 0 Å². The minimum Gasteiger partial charge on any atom is -0.383 e. The van der Waals surface area contributed by atoms with Gasteiger partial charge in [0.2, 0.25) is 5.95 Å². The number of nitrogens with zero attached hydrogens (tertiary/aromatic N) is 4. The highest BCUT2D eigenvalue weighted by Crippen LogP contribution is 2.12. The zero-order valence-electron chi connectivity index (χ0n) is 10.8. The van der Waals surface area contributed by atoms with Gasteiger partial charge in [-0.3, -0.25) is 0 Å². The van der Waals surface area contributed by atoms with Crippen LogP contribution in [0.4, 0.5) is 5.95 Å². The highest BCUT2D eigenvalue weighted by atomic mass is 16.5. The summed E-state index contributed by atoms with van der Waals surface area (Å²) in [6.45, 7) is 7.31. The Balaban J connectivity index is 3.01. The lowest BCUT2D eigenvalue weighted by molar-refractivity contribution is 0.203. The van der Waals surface area contributed by atoms with Crippen LogP contribution in [0.1, 0.15) is 25.2 Å². The van der Waals surface area contributed by atoms with Gasteiger partial charge in [-0.25, -0.2) is 9.97 Å². The Hall–Kier alpha value is -1.67. The van der Waals surface area contributed by atoms with Gasteiger partial charge < -0.3 is 9.64 Å². The molecule has 0 amide bonds.